The van der Waals surface area contributed by atoms with Crippen LogP contribution >= 0.6 is 22.6 Å². The lowest BCUT2D eigenvalue weighted by molar-refractivity contribution is 0.0489. The fourth-order valence-corrected chi connectivity index (χ4v) is 2.45. The summed E-state index contributed by atoms with van der Waals surface area (Å²) in [5.41, 5.74) is -0.554. The van der Waals surface area contributed by atoms with Crippen LogP contribution in [0.5, 0.6) is 0 Å². The van der Waals surface area contributed by atoms with E-state index >= 15 is 0 Å². The first-order valence-electron chi connectivity index (χ1n) is 6.65. The van der Waals surface area contributed by atoms with Gasteiger partial charge in [0.1, 0.15) is 11.4 Å². The maximum atomic E-state index is 11.9. The number of alkyl carbamates (subject to hydrolysis) is 1. The number of ether oxygens (including phenoxy) is 3. The number of hydrogen-bond acceptors (Lipinski definition) is 4. The lowest BCUT2D eigenvalue weighted by Crippen LogP contribution is -2.41. The molecule has 0 unspecified atom stereocenters. The average Bonchev–Trinajstić information content (AvgIpc) is 2.39. The van der Waals surface area contributed by atoms with Crippen molar-refractivity contribution in [2.45, 2.75) is 38.8 Å². The van der Waals surface area contributed by atoms with Crippen molar-refractivity contribution < 1.29 is 19.0 Å². The Labute approximate surface area is 141 Å². The van der Waals surface area contributed by atoms with Gasteiger partial charge in [-0.05, 0) is 27.2 Å². The molecule has 0 aromatic rings. The highest BCUT2D eigenvalue weighted by atomic mass is 127. The Balaban J connectivity index is 4.85. The standard InChI is InChI=1S/C15H26INO4/c1-10(19-6)12(9-16)8-13(11(2)20-7)17-14(18)21-15(3,4)5/h12-13H,1-2,8-9H2,3-7H3,(H,17,18)/t12-,13+/m1/s1. The van der Waals surface area contributed by atoms with E-state index in [1.165, 1.54) is 7.11 Å². The van der Waals surface area contributed by atoms with Crippen LogP contribution in [0.3, 0.4) is 0 Å². The van der Waals surface area contributed by atoms with Crippen molar-refractivity contribution in [2.24, 2.45) is 5.92 Å². The van der Waals surface area contributed by atoms with Gasteiger partial charge in [-0.25, -0.2) is 4.79 Å². The zero-order valence-corrected chi connectivity index (χ0v) is 15.7. The molecule has 0 saturated heterocycles. The molecule has 1 N–H and O–H groups in total. The molecule has 0 spiro atoms. The monoisotopic (exact) mass is 411 g/mol. The third-order valence-electron chi connectivity index (χ3n) is 2.77. The maximum Gasteiger partial charge on any atom is 0.408 e. The van der Waals surface area contributed by atoms with Gasteiger partial charge in [0.25, 0.3) is 0 Å². The fraction of sp³-hybridized carbons (Fsp3) is 0.667. The summed E-state index contributed by atoms with van der Waals surface area (Å²) in [5.74, 6) is 1.23. The first-order valence-corrected chi connectivity index (χ1v) is 8.18. The van der Waals surface area contributed by atoms with Gasteiger partial charge in [0, 0.05) is 10.3 Å². The Hall–Kier alpha value is -0.920. The quantitative estimate of drug-likeness (QED) is 0.377. The van der Waals surface area contributed by atoms with E-state index in [2.05, 4.69) is 41.1 Å². The highest BCUT2D eigenvalue weighted by Crippen LogP contribution is 2.22. The summed E-state index contributed by atoms with van der Waals surface area (Å²) in [6, 6.07) is -0.364. The molecule has 0 aromatic carbocycles. The number of alkyl halides is 1. The Morgan fingerprint density at radius 2 is 1.71 bits per heavy atom. The van der Waals surface area contributed by atoms with E-state index in [1.54, 1.807) is 7.11 Å². The van der Waals surface area contributed by atoms with Crippen molar-refractivity contribution in [3.63, 3.8) is 0 Å². The van der Waals surface area contributed by atoms with E-state index in [0.29, 0.717) is 17.9 Å². The number of hydrogen-bond donors (Lipinski definition) is 1. The molecule has 6 heteroatoms. The van der Waals surface area contributed by atoms with Crippen LogP contribution in [0.4, 0.5) is 4.79 Å². The van der Waals surface area contributed by atoms with Crippen LogP contribution in [0.1, 0.15) is 27.2 Å². The lowest BCUT2D eigenvalue weighted by Gasteiger charge is -2.27. The minimum absolute atomic E-state index is 0.0856. The second kappa shape index (κ2) is 9.17. The highest BCUT2D eigenvalue weighted by molar-refractivity contribution is 14.1. The molecule has 0 bridgehead atoms. The van der Waals surface area contributed by atoms with Gasteiger partial charge < -0.3 is 19.5 Å². The van der Waals surface area contributed by atoms with Gasteiger partial charge in [0.15, 0.2) is 0 Å². The lowest BCUT2D eigenvalue weighted by atomic mass is 9.99. The summed E-state index contributed by atoms with van der Waals surface area (Å²) in [4.78, 5) is 11.9. The second-order valence-corrected chi connectivity index (χ2v) is 6.51. The summed E-state index contributed by atoms with van der Waals surface area (Å²) in [5, 5.41) is 2.78. The molecule has 0 radical (unpaired) electrons. The van der Waals surface area contributed by atoms with Crippen LogP contribution in [0.25, 0.3) is 0 Å². The van der Waals surface area contributed by atoms with E-state index in [4.69, 9.17) is 14.2 Å². The van der Waals surface area contributed by atoms with Crippen molar-refractivity contribution in [3.8, 4) is 0 Å². The van der Waals surface area contributed by atoms with E-state index < -0.39 is 11.7 Å². The number of carbonyl (C=O) groups excluding carboxylic acids is 1. The zero-order valence-electron chi connectivity index (χ0n) is 13.5. The third-order valence-corrected chi connectivity index (χ3v) is 3.83. The fourth-order valence-electron chi connectivity index (χ4n) is 1.59. The van der Waals surface area contributed by atoms with Gasteiger partial charge in [-0.2, -0.15) is 0 Å². The van der Waals surface area contributed by atoms with Crippen molar-refractivity contribution in [2.75, 3.05) is 18.6 Å². The molecule has 0 fully saturated rings. The van der Waals surface area contributed by atoms with Crippen LogP contribution in [-0.2, 0) is 14.2 Å². The molecule has 2 atom stereocenters. The summed E-state index contributed by atoms with van der Waals surface area (Å²) in [7, 11) is 3.11. The Kier molecular flexibility index (Phi) is 8.77. The molecule has 0 rings (SSSR count). The Morgan fingerprint density at radius 1 is 1.19 bits per heavy atom. The number of nitrogens with one attached hydrogen (secondary N) is 1. The van der Waals surface area contributed by atoms with Gasteiger partial charge in [-0.1, -0.05) is 35.7 Å². The molecule has 0 aliphatic rings. The summed E-state index contributed by atoms with van der Waals surface area (Å²) >= 11 is 2.26. The van der Waals surface area contributed by atoms with E-state index in [1.807, 2.05) is 20.8 Å². The summed E-state index contributed by atoms with van der Waals surface area (Å²) < 4.78 is 16.4. The number of amides is 1. The molecule has 0 saturated carbocycles. The first-order chi connectivity index (χ1) is 9.64. The van der Waals surface area contributed by atoms with Crippen molar-refractivity contribution >= 4 is 28.7 Å². The molecular weight excluding hydrogens is 385 g/mol. The van der Waals surface area contributed by atoms with Crippen LogP contribution in [0, 0.1) is 5.92 Å². The van der Waals surface area contributed by atoms with Gasteiger partial charge in [0.2, 0.25) is 0 Å². The minimum atomic E-state index is -0.554. The number of rotatable bonds is 8. The predicted molar refractivity (Wildman–Crippen MR) is 92.4 cm³/mol. The number of allylic oxidation sites excluding steroid dienone is 1. The largest absolute Gasteiger partial charge is 0.501 e. The normalized spacial score (nSPS) is 13.8. The minimum Gasteiger partial charge on any atom is -0.501 e. The molecular formula is C15H26INO4. The average molecular weight is 411 g/mol. The van der Waals surface area contributed by atoms with Crippen LogP contribution < -0.4 is 5.32 Å². The SMILES string of the molecule is C=C(OC)[C@@H](CI)C[C@H](NC(=O)OC(C)(C)C)C(=C)OC. The molecule has 1 amide bonds. The predicted octanol–water partition coefficient (Wildman–Crippen LogP) is 3.64. The molecule has 0 aliphatic carbocycles. The third kappa shape index (κ3) is 8.18. The second-order valence-electron chi connectivity index (χ2n) is 5.63. The topological polar surface area (TPSA) is 56.8 Å². The first kappa shape index (κ1) is 20.1. The molecule has 0 aromatic heterocycles. The summed E-state index contributed by atoms with van der Waals surface area (Å²) in [6.07, 6.45) is 0.0857. The Morgan fingerprint density at radius 3 is 2.10 bits per heavy atom. The maximum absolute atomic E-state index is 11.9. The number of carbonyl (C=O) groups is 1. The Bertz CT molecular complexity index is 376. The molecule has 122 valence electrons. The van der Waals surface area contributed by atoms with Crippen LogP contribution in [0.15, 0.2) is 24.7 Å². The van der Waals surface area contributed by atoms with Crippen molar-refractivity contribution in [1.29, 1.82) is 0 Å². The molecule has 0 heterocycles. The molecule has 21 heavy (non-hydrogen) atoms. The highest BCUT2D eigenvalue weighted by Gasteiger charge is 2.25. The van der Waals surface area contributed by atoms with Crippen LogP contribution in [0.2, 0.25) is 0 Å². The summed E-state index contributed by atoms with van der Waals surface area (Å²) in [6.45, 7) is 13.1. The van der Waals surface area contributed by atoms with Crippen LogP contribution in [-0.4, -0.2) is 36.4 Å². The van der Waals surface area contributed by atoms with E-state index in [-0.39, 0.29) is 12.0 Å². The van der Waals surface area contributed by atoms with E-state index in [9.17, 15) is 4.79 Å². The zero-order chi connectivity index (χ0) is 16.6. The van der Waals surface area contributed by atoms with Gasteiger partial charge in [-0.3, -0.25) is 0 Å². The van der Waals surface area contributed by atoms with Crippen molar-refractivity contribution in [3.05, 3.63) is 24.7 Å². The van der Waals surface area contributed by atoms with Gasteiger partial charge in [-0.15, -0.1) is 0 Å². The number of halogens is 1. The molecule has 0 aliphatic heterocycles. The van der Waals surface area contributed by atoms with Gasteiger partial charge >= 0.3 is 6.09 Å². The smallest absolute Gasteiger partial charge is 0.408 e. The number of methoxy groups -OCH3 is 2. The van der Waals surface area contributed by atoms with Crippen molar-refractivity contribution in [1.82, 2.24) is 5.32 Å². The molecule has 5 nitrogen and oxygen atoms in total. The van der Waals surface area contributed by atoms with E-state index in [0.717, 1.165) is 4.43 Å². The van der Waals surface area contributed by atoms with Gasteiger partial charge in [0.05, 0.1) is 26.0 Å².